The summed E-state index contributed by atoms with van der Waals surface area (Å²) >= 11 is 2.00. The molecule has 4 fully saturated rings. The third-order valence-electron chi connectivity index (χ3n) is 14.1. The number of hydrogen-bond donors (Lipinski definition) is 0. The molecule has 0 unspecified atom stereocenters. The van der Waals surface area contributed by atoms with Gasteiger partial charge in [0.15, 0.2) is 17.5 Å². The van der Waals surface area contributed by atoms with Crippen LogP contribution in [0, 0.1) is 22.1 Å². The fraction of sp³-hybridized carbons (Fsp3) is 0.500. The summed E-state index contributed by atoms with van der Waals surface area (Å²) in [4.78, 5) is 41.1. The summed E-state index contributed by atoms with van der Waals surface area (Å²) in [5, 5.41) is 0.213. The lowest BCUT2D eigenvalue weighted by atomic mass is 9.95. The number of fused-ring (bicyclic) bond motifs is 6. The lowest BCUT2D eigenvalue weighted by Gasteiger charge is -2.48. The Morgan fingerprint density at radius 1 is 0.941 bits per heavy atom. The number of aryl methyl sites for hydroxylation is 1. The van der Waals surface area contributed by atoms with Crippen molar-refractivity contribution in [2.75, 3.05) is 50.3 Å². The van der Waals surface area contributed by atoms with Gasteiger partial charge in [-0.1, -0.05) is 24.3 Å². The lowest BCUT2D eigenvalue weighted by molar-refractivity contribution is 0.000932. The Kier molecular flexibility index (Phi) is 12.2. The van der Waals surface area contributed by atoms with Crippen molar-refractivity contribution in [1.29, 1.82) is 0 Å². The fourth-order valence-corrected chi connectivity index (χ4v) is 11.7. The standard InChI is InChI=1S/C50H56F3IN8O6/c1-27-40(54)36(38(52)45(55-27)59(22-29-9-14-33(64-6)15-10-29)23-30-11-16-34(65-7)17-12-30)41-39(53)42-37-44(58-47(57-42)66-26-50-19-8-20-60(50)24-31(51)21-50)61-25-32-13-18-35(43(61)28(2)67-46(37)56-41)62(32)48(63)68-49(3,4)5/h9-12,14-17,28,31-32,35,43H,8,13,18-26H2,1-7H3/t28-,31+,32+,35-,43+,50-/m0/s1. The molecule has 5 aliphatic heterocycles. The molecule has 0 N–H and O–H groups in total. The summed E-state index contributed by atoms with van der Waals surface area (Å²) < 4.78 is 81.2. The highest BCUT2D eigenvalue weighted by molar-refractivity contribution is 14.1. The molecule has 5 aromatic rings. The van der Waals surface area contributed by atoms with Crippen LogP contribution in [-0.4, -0.2) is 118 Å². The minimum atomic E-state index is -0.986. The zero-order chi connectivity index (χ0) is 47.8. The lowest BCUT2D eigenvalue weighted by Crippen LogP contribution is -2.65. The van der Waals surface area contributed by atoms with Crippen LogP contribution in [0.2, 0.25) is 0 Å². The van der Waals surface area contributed by atoms with Crippen LogP contribution in [0.15, 0.2) is 48.5 Å². The maximum atomic E-state index is 18.0. The normalized spacial score (nSPS) is 24.1. The second-order valence-electron chi connectivity index (χ2n) is 19.7. The SMILES string of the molecule is COc1ccc(CN(Cc2ccc(OC)cc2)c2nc(C)c(I)c(-c3nc4c5c(nc(OC[C@@]67CCCN6C[C@H](F)C7)nc5c3F)N3C[C@H]5CC[C@@H]([C@H]3[C@H](C)O4)N5C(=O)OC(C)(C)C)c2F)cc1. The smallest absolute Gasteiger partial charge is 0.410 e. The second-order valence-corrected chi connectivity index (χ2v) is 20.8. The van der Waals surface area contributed by atoms with Crippen molar-refractivity contribution in [3.8, 4) is 34.6 Å². The van der Waals surface area contributed by atoms with Crippen LogP contribution in [0.25, 0.3) is 22.2 Å². The highest BCUT2D eigenvalue weighted by Gasteiger charge is 2.54. The number of pyridine rings is 2. The van der Waals surface area contributed by atoms with E-state index < -0.39 is 47.2 Å². The number of piperazine rings is 1. The molecular formula is C50H56F3IN8O6. The van der Waals surface area contributed by atoms with Crippen LogP contribution in [0.4, 0.5) is 29.6 Å². The molecule has 1 amide bonds. The average Bonchev–Trinajstić information content (AvgIpc) is 3.92. The number of ether oxygens (including phenoxy) is 5. The van der Waals surface area contributed by atoms with Gasteiger partial charge in [0.05, 0.1) is 49.1 Å². The van der Waals surface area contributed by atoms with E-state index in [0.717, 1.165) is 36.9 Å². The van der Waals surface area contributed by atoms with Crippen LogP contribution >= 0.6 is 22.6 Å². The Bertz CT molecular complexity index is 2700. The van der Waals surface area contributed by atoms with Gasteiger partial charge in [-0.2, -0.15) is 9.97 Å². The van der Waals surface area contributed by atoms with E-state index in [-0.39, 0.29) is 71.6 Å². The maximum absolute atomic E-state index is 18.0. The minimum absolute atomic E-state index is 0.00287. The Morgan fingerprint density at radius 2 is 1.62 bits per heavy atom. The Morgan fingerprint density at radius 3 is 2.26 bits per heavy atom. The third kappa shape index (κ3) is 8.36. The molecule has 2 bridgehead atoms. The first-order chi connectivity index (χ1) is 32.5. The molecule has 5 aliphatic rings. The van der Waals surface area contributed by atoms with Gasteiger partial charge in [-0.15, -0.1) is 0 Å². The topological polar surface area (TPSA) is 128 Å². The number of alkyl halides is 1. The van der Waals surface area contributed by atoms with Gasteiger partial charge in [-0.25, -0.2) is 27.9 Å². The van der Waals surface area contributed by atoms with Crippen LogP contribution in [0.3, 0.4) is 0 Å². The number of benzene rings is 2. The van der Waals surface area contributed by atoms with Gasteiger partial charge in [-0.05, 0) is 125 Å². The second kappa shape index (κ2) is 17.9. The average molecular weight is 1050 g/mol. The molecule has 8 heterocycles. The monoisotopic (exact) mass is 1050 g/mol. The summed E-state index contributed by atoms with van der Waals surface area (Å²) in [6.07, 6.45) is 1.35. The minimum Gasteiger partial charge on any atom is -0.497 e. The van der Waals surface area contributed by atoms with Gasteiger partial charge in [0, 0.05) is 36.2 Å². The van der Waals surface area contributed by atoms with E-state index in [4.69, 9.17) is 43.6 Å². The fourth-order valence-electron chi connectivity index (χ4n) is 11.1. The molecule has 6 atom stereocenters. The molecule has 14 nitrogen and oxygen atoms in total. The van der Waals surface area contributed by atoms with Crippen LogP contribution in [-0.2, 0) is 17.8 Å². The van der Waals surface area contributed by atoms with Gasteiger partial charge in [0.1, 0.15) is 58.4 Å². The maximum Gasteiger partial charge on any atom is 0.410 e. The molecular weight excluding hydrogens is 992 g/mol. The number of carbonyl (C=O) groups is 1. The number of anilines is 2. The molecule has 3 aromatic heterocycles. The quantitative estimate of drug-likeness (QED) is 0.117. The molecule has 0 saturated carbocycles. The van der Waals surface area contributed by atoms with Crippen LogP contribution in [0.5, 0.6) is 23.4 Å². The van der Waals surface area contributed by atoms with Crippen molar-refractivity contribution < 1.29 is 41.7 Å². The number of nitrogens with zero attached hydrogens (tertiary/aromatic N) is 8. The predicted octanol–water partition coefficient (Wildman–Crippen LogP) is 9.19. The number of carbonyl (C=O) groups excluding carboxylic acids is 1. The molecule has 4 saturated heterocycles. The molecule has 0 radical (unpaired) electrons. The van der Waals surface area contributed by atoms with Crippen molar-refractivity contribution >= 4 is 51.2 Å². The number of amides is 1. The van der Waals surface area contributed by atoms with Crippen LogP contribution in [0.1, 0.15) is 76.6 Å². The van der Waals surface area contributed by atoms with Gasteiger partial charge >= 0.3 is 12.1 Å². The summed E-state index contributed by atoms with van der Waals surface area (Å²) in [6.45, 7) is 11.2. The molecule has 68 heavy (non-hydrogen) atoms. The van der Waals surface area contributed by atoms with Crippen molar-refractivity contribution in [2.24, 2.45) is 0 Å². The number of methoxy groups -OCH3 is 2. The molecule has 10 rings (SSSR count). The summed E-state index contributed by atoms with van der Waals surface area (Å²) in [6, 6.07) is 13.9. The predicted molar refractivity (Wildman–Crippen MR) is 258 cm³/mol. The van der Waals surface area contributed by atoms with E-state index >= 15 is 8.78 Å². The van der Waals surface area contributed by atoms with E-state index in [0.29, 0.717) is 52.5 Å². The highest BCUT2D eigenvalue weighted by Crippen LogP contribution is 2.48. The molecule has 0 spiro atoms. The zero-order valence-corrected chi connectivity index (χ0v) is 41.5. The van der Waals surface area contributed by atoms with E-state index in [2.05, 4.69) is 9.80 Å². The zero-order valence-electron chi connectivity index (χ0n) is 39.3. The number of hydrogen-bond acceptors (Lipinski definition) is 13. The number of rotatable bonds is 11. The Balaban J connectivity index is 1.11. The molecule has 18 heteroatoms. The van der Waals surface area contributed by atoms with Crippen molar-refractivity contribution in [1.82, 2.24) is 29.7 Å². The van der Waals surface area contributed by atoms with Gasteiger partial charge < -0.3 is 33.5 Å². The highest BCUT2D eigenvalue weighted by atomic mass is 127. The van der Waals surface area contributed by atoms with Crippen LogP contribution < -0.4 is 28.7 Å². The first kappa shape index (κ1) is 46.4. The molecule has 2 aromatic carbocycles. The summed E-state index contributed by atoms with van der Waals surface area (Å²) in [5.41, 5.74) is 0.362. The molecule has 360 valence electrons. The summed E-state index contributed by atoms with van der Waals surface area (Å²) in [7, 11) is 3.19. The Hall–Kier alpha value is -5.37. The number of halogens is 4. The molecule has 0 aliphatic carbocycles. The van der Waals surface area contributed by atoms with Crippen molar-refractivity contribution in [2.45, 2.75) is 121 Å². The first-order valence-electron chi connectivity index (χ1n) is 23.3. The van der Waals surface area contributed by atoms with Gasteiger partial charge in [-0.3, -0.25) is 9.80 Å². The van der Waals surface area contributed by atoms with Gasteiger partial charge in [0.25, 0.3) is 0 Å². The summed E-state index contributed by atoms with van der Waals surface area (Å²) in [5.74, 6) is 0.0503. The van der Waals surface area contributed by atoms with Gasteiger partial charge in [0.2, 0.25) is 5.88 Å². The van der Waals surface area contributed by atoms with E-state index in [9.17, 15) is 9.18 Å². The Labute approximate surface area is 407 Å². The van der Waals surface area contributed by atoms with Crippen molar-refractivity contribution in [3.63, 3.8) is 0 Å². The van der Waals surface area contributed by atoms with E-state index in [1.807, 2.05) is 109 Å². The number of aromatic nitrogens is 4. The van der Waals surface area contributed by atoms with Crippen molar-refractivity contribution in [3.05, 3.63) is 80.6 Å². The largest absolute Gasteiger partial charge is 0.497 e. The van der Waals surface area contributed by atoms with E-state index in [1.54, 1.807) is 21.1 Å². The first-order valence-corrected chi connectivity index (χ1v) is 24.4. The van der Waals surface area contributed by atoms with E-state index in [1.165, 1.54) is 0 Å². The third-order valence-corrected chi connectivity index (χ3v) is 15.5.